The summed E-state index contributed by atoms with van der Waals surface area (Å²) in [6, 6.07) is 8.16. The summed E-state index contributed by atoms with van der Waals surface area (Å²) in [5, 5.41) is 3.22. The second-order valence-electron chi connectivity index (χ2n) is 3.95. The fourth-order valence-corrected chi connectivity index (χ4v) is 1.58. The Hall–Kier alpha value is -2.01. The van der Waals surface area contributed by atoms with Crippen molar-refractivity contribution < 1.29 is 4.39 Å². The van der Waals surface area contributed by atoms with E-state index in [1.807, 2.05) is 0 Å². The SMILES string of the molecule is Nc1ccnc(CNCCc2ccc(F)cc2)n1. The molecule has 18 heavy (non-hydrogen) atoms. The van der Waals surface area contributed by atoms with Crippen molar-refractivity contribution in [3.05, 3.63) is 53.7 Å². The first-order valence-electron chi connectivity index (χ1n) is 5.76. The Morgan fingerprint density at radius 1 is 1.17 bits per heavy atom. The minimum Gasteiger partial charge on any atom is -0.384 e. The van der Waals surface area contributed by atoms with Crippen LogP contribution < -0.4 is 11.1 Å². The van der Waals surface area contributed by atoms with E-state index in [2.05, 4.69) is 15.3 Å². The Morgan fingerprint density at radius 3 is 2.67 bits per heavy atom. The highest BCUT2D eigenvalue weighted by atomic mass is 19.1. The molecule has 0 aliphatic carbocycles. The van der Waals surface area contributed by atoms with Crippen LogP contribution in [0.1, 0.15) is 11.4 Å². The van der Waals surface area contributed by atoms with Crippen molar-refractivity contribution in [1.29, 1.82) is 0 Å². The van der Waals surface area contributed by atoms with Crippen LogP contribution in [0.5, 0.6) is 0 Å². The van der Waals surface area contributed by atoms with E-state index in [0.717, 1.165) is 18.5 Å². The molecule has 0 saturated heterocycles. The number of anilines is 1. The second kappa shape index (κ2) is 6.07. The Morgan fingerprint density at radius 2 is 1.94 bits per heavy atom. The lowest BCUT2D eigenvalue weighted by Gasteiger charge is -2.04. The summed E-state index contributed by atoms with van der Waals surface area (Å²) in [5.74, 6) is 0.939. The van der Waals surface area contributed by atoms with E-state index in [9.17, 15) is 4.39 Å². The first kappa shape index (κ1) is 12.4. The molecule has 1 heterocycles. The highest BCUT2D eigenvalue weighted by Crippen LogP contribution is 2.03. The van der Waals surface area contributed by atoms with Crippen molar-refractivity contribution in [3.63, 3.8) is 0 Å². The third-order valence-electron chi connectivity index (χ3n) is 2.51. The molecule has 0 aliphatic rings. The van der Waals surface area contributed by atoms with Crippen molar-refractivity contribution in [1.82, 2.24) is 15.3 Å². The third-order valence-corrected chi connectivity index (χ3v) is 2.51. The van der Waals surface area contributed by atoms with Gasteiger partial charge in [-0.05, 0) is 36.7 Å². The molecule has 0 atom stereocenters. The van der Waals surface area contributed by atoms with Crippen molar-refractivity contribution in [2.24, 2.45) is 0 Å². The fourth-order valence-electron chi connectivity index (χ4n) is 1.58. The number of aromatic nitrogens is 2. The Balaban J connectivity index is 1.74. The summed E-state index contributed by atoms with van der Waals surface area (Å²) in [6.07, 6.45) is 2.47. The molecule has 0 bridgehead atoms. The van der Waals surface area contributed by atoms with E-state index in [4.69, 9.17) is 5.73 Å². The van der Waals surface area contributed by atoms with Gasteiger partial charge in [0.25, 0.3) is 0 Å². The number of hydrogen-bond donors (Lipinski definition) is 2. The number of halogens is 1. The van der Waals surface area contributed by atoms with Crippen LogP contribution in [0.4, 0.5) is 10.2 Å². The molecule has 1 aromatic carbocycles. The molecule has 2 rings (SSSR count). The van der Waals surface area contributed by atoms with Crippen LogP contribution >= 0.6 is 0 Å². The summed E-state index contributed by atoms with van der Waals surface area (Å²) in [5.41, 5.74) is 6.65. The van der Waals surface area contributed by atoms with Crippen LogP contribution in [0, 0.1) is 5.82 Å². The molecule has 0 fully saturated rings. The van der Waals surface area contributed by atoms with Crippen molar-refractivity contribution >= 4 is 5.82 Å². The number of nitrogens with zero attached hydrogens (tertiary/aromatic N) is 2. The van der Waals surface area contributed by atoms with E-state index in [1.54, 1.807) is 24.4 Å². The second-order valence-corrected chi connectivity index (χ2v) is 3.95. The lowest BCUT2D eigenvalue weighted by Crippen LogP contribution is -2.18. The van der Waals surface area contributed by atoms with Gasteiger partial charge in [-0.25, -0.2) is 14.4 Å². The van der Waals surface area contributed by atoms with Gasteiger partial charge in [-0.15, -0.1) is 0 Å². The number of nitrogen functional groups attached to an aromatic ring is 1. The molecule has 0 amide bonds. The highest BCUT2D eigenvalue weighted by molar-refractivity contribution is 5.24. The average molecular weight is 246 g/mol. The molecular weight excluding hydrogens is 231 g/mol. The summed E-state index contributed by atoms with van der Waals surface area (Å²) in [7, 11) is 0. The molecule has 0 unspecified atom stereocenters. The first-order chi connectivity index (χ1) is 8.74. The molecular formula is C13H15FN4. The lowest BCUT2D eigenvalue weighted by atomic mass is 10.1. The molecule has 4 nitrogen and oxygen atoms in total. The topological polar surface area (TPSA) is 63.8 Å². The number of nitrogens with one attached hydrogen (secondary N) is 1. The Kier molecular flexibility index (Phi) is 4.20. The van der Waals surface area contributed by atoms with Crippen molar-refractivity contribution in [3.8, 4) is 0 Å². The summed E-state index contributed by atoms with van der Waals surface area (Å²) in [4.78, 5) is 8.18. The molecule has 0 saturated carbocycles. The zero-order chi connectivity index (χ0) is 12.8. The summed E-state index contributed by atoms with van der Waals surface area (Å²) < 4.78 is 12.7. The maximum atomic E-state index is 12.7. The maximum absolute atomic E-state index is 12.7. The van der Waals surface area contributed by atoms with E-state index in [1.165, 1.54) is 12.1 Å². The van der Waals surface area contributed by atoms with Crippen LogP contribution in [-0.2, 0) is 13.0 Å². The molecule has 3 N–H and O–H groups in total. The average Bonchev–Trinajstić information content (AvgIpc) is 2.37. The molecule has 1 aromatic heterocycles. The molecule has 0 aliphatic heterocycles. The quantitative estimate of drug-likeness (QED) is 0.785. The minimum absolute atomic E-state index is 0.208. The number of hydrogen-bond acceptors (Lipinski definition) is 4. The number of nitrogens with two attached hydrogens (primary N) is 1. The van der Waals surface area contributed by atoms with Crippen LogP contribution in [-0.4, -0.2) is 16.5 Å². The number of rotatable bonds is 5. The molecule has 2 aromatic rings. The fraction of sp³-hybridized carbons (Fsp3) is 0.231. The number of benzene rings is 1. The van der Waals surface area contributed by atoms with Crippen molar-refractivity contribution in [2.45, 2.75) is 13.0 Å². The molecule has 0 radical (unpaired) electrons. The predicted molar refractivity (Wildman–Crippen MR) is 68.3 cm³/mol. The smallest absolute Gasteiger partial charge is 0.144 e. The van der Waals surface area contributed by atoms with Gasteiger partial charge in [0.15, 0.2) is 0 Å². The van der Waals surface area contributed by atoms with Crippen LogP contribution in [0.2, 0.25) is 0 Å². The van der Waals surface area contributed by atoms with Gasteiger partial charge in [0, 0.05) is 6.20 Å². The largest absolute Gasteiger partial charge is 0.384 e. The first-order valence-corrected chi connectivity index (χ1v) is 5.76. The summed E-state index contributed by atoms with van der Waals surface area (Å²) in [6.45, 7) is 1.36. The standard InChI is InChI=1S/C13H15FN4/c14-11-3-1-10(2-4-11)5-7-16-9-13-17-8-6-12(15)18-13/h1-4,6,8,16H,5,7,9H2,(H2,15,17,18). The van der Waals surface area contributed by atoms with Gasteiger partial charge in [-0.1, -0.05) is 12.1 Å². The Labute approximate surface area is 105 Å². The summed E-state index contributed by atoms with van der Waals surface area (Å²) >= 11 is 0. The van der Waals surface area contributed by atoms with Crippen LogP contribution in [0.3, 0.4) is 0 Å². The van der Waals surface area contributed by atoms with E-state index in [-0.39, 0.29) is 5.82 Å². The van der Waals surface area contributed by atoms with Gasteiger partial charge in [0.05, 0.1) is 6.54 Å². The van der Waals surface area contributed by atoms with Crippen LogP contribution in [0.15, 0.2) is 36.5 Å². The molecule has 5 heteroatoms. The van der Waals surface area contributed by atoms with Gasteiger partial charge < -0.3 is 11.1 Å². The minimum atomic E-state index is -0.208. The van der Waals surface area contributed by atoms with Crippen LogP contribution in [0.25, 0.3) is 0 Å². The maximum Gasteiger partial charge on any atom is 0.144 e. The normalized spacial score (nSPS) is 10.5. The van der Waals surface area contributed by atoms with E-state index >= 15 is 0 Å². The molecule has 0 spiro atoms. The van der Waals surface area contributed by atoms with Gasteiger partial charge >= 0.3 is 0 Å². The monoisotopic (exact) mass is 246 g/mol. The van der Waals surface area contributed by atoms with E-state index in [0.29, 0.717) is 18.2 Å². The van der Waals surface area contributed by atoms with Gasteiger partial charge in [0.1, 0.15) is 17.5 Å². The zero-order valence-electron chi connectivity index (χ0n) is 9.94. The molecule has 94 valence electrons. The van der Waals surface area contributed by atoms with Gasteiger partial charge in [0.2, 0.25) is 0 Å². The predicted octanol–water partition coefficient (Wildman–Crippen LogP) is 1.53. The van der Waals surface area contributed by atoms with Gasteiger partial charge in [-0.2, -0.15) is 0 Å². The highest BCUT2D eigenvalue weighted by Gasteiger charge is 1.97. The zero-order valence-corrected chi connectivity index (χ0v) is 9.94. The third kappa shape index (κ3) is 3.78. The van der Waals surface area contributed by atoms with Gasteiger partial charge in [-0.3, -0.25) is 0 Å². The Bertz CT molecular complexity index is 499. The lowest BCUT2D eigenvalue weighted by molar-refractivity contribution is 0.625. The van der Waals surface area contributed by atoms with E-state index < -0.39 is 0 Å². The van der Waals surface area contributed by atoms with Crippen molar-refractivity contribution in [2.75, 3.05) is 12.3 Å².